The van der Waals surface area contributed by atoms with Gasteiger partial charge in [-0.1, -0.05) is 55.5 Å². The topological polar surface area (TPSA) is 68.7 Å². The molecule has 0 amide bonds. The summed E-state index contributed by atoms with van der Waals surface area (Å²) in [6.45, 7) is 10.5. The molecule has 0 unspecified atom stereocenters. The third kappa shape index (κ3) is 7.07. The zero-order valence-corrected chi connectivity index (χ0v) is 21.5. The van der Waals surface area contributed by atoms with Crippen LogP contribution >= 0.6 is 12.2 Å². The van der Waals surface area contributed by atoms with Crippen LogP contribution in [0.4, 0.5) is 11.6 Å². The van der Waals surface area contributed by atoms with E-state index in [1.165, 1.54) is 11.1 Å². The van der Waals surface area contributed by atoms with Crippen LogP contribution in [0, 0.1) is 13.8 Å². The molecule has 0 saturated carbocycles. The first-order valence-corrected chi connectivity index (χ1v) is 12.5. The Kier molecular flexibility index (Phi) is 8.39. The predicted octanol–water partition coefficient (Wildman–Crippen LogP) is 4.64. The van der Waals surface area contributed by atoms with Crippen molar-refractivity contribution < 1.29 is 0 Å². The van der Waals surface area contributed by atoms with Gasteiger partial charge < -0.3 is 10.2 Å². The fourth-order valence-electron chi connectivity index (χ4n) is 4.21. The number of thiocarbonyl (C=S) groups is 1. The van der Waals surface area contributed by atoms with E-state index in [4.69, 9.17) is 17.2 Å². The average Bonchev–Trinajstić information content (AvgIpc) is 2.84. The molecule has 4 rings (SSSR count). The lowest BCUT2D eigenvalue weighted by Crippen LogP contribution is -2.50. The van der Waals surface area contributed by atoms with Crippen molar-refractivity contribution in [3.05, 3.63) is 83.2 Å². The molecule has 1 aromatic heterocycles. The number of benzene rings is 2. The maximum atomic E-state index is 5.65. The van der Waals surface area contributed by atoms with Crippen LogP contribution in [-0.2, 0) is 13.0 Å². The van der Waals surface area contributed by atoms with Gasteiger partial charge in [-0.05, 0) is 55.7 Å². The lowest BCUT2D eigenvalue weighted by molar-refractivity contribution is 0.175. The molecule has 3 aromatic rings. The van der Waals surface area contributed by atoms with E-state index >= 15 is 0 Å². The van der Waals surface area contributed by atoms with Crippen molar-refractivity contribution in [2.24, 2.45) is 4.99 Å². The van der Waals surface area contributed by atoms with Gasteiger partial charge in [0, 0.05) is 49.8 Å². The quantitative estimate of drug-likeness (QED) is 0.309. The summed E-state index contributed by atoms with van der Waals surface area (Å²) in [5, 5.41) is 7.06. The minimum absolute atomic E-state index is 0.407. The van der Waals surface area contributed by atoms with Crippen LogP contribution in [0.3, 0.4) is 0 Å². The van der Waals surface area contributed by atoms with E-state index in [0.29, 0.717) is 17.0 Å². The number of aliphatic imine (C=N–C) groups is 1. The number of para-hydroxylation sites is 1. The Bertz CT molecular complexity index is 1150. The first kappa shape index (κ1) is 24.8. The van der Waals surface area contributed by atoms with Crippen molar-refractivity contribution in [2.75, 3.05) is 36.8 Å². The van der Waals surface area contributed by atoms with Gasteiger partial charge >= 0.3 is 0 Å². The third-order valence-corrected chi connectivity index (χ3v) is 6.17. The number of piperazine rings is 1. The summed E-state index contributed by atoms with van der Waals surface area (Å²) >= 11 is 5.65. The molecule has 7 nitrogen and oxygen atoms in total. The van der Waals surface area contributed by atoms with Crippen LogP contribution in [0.15, 0.2) is 65.7 Å². The molecule has 2 heterocycles. The molecular weight excluding hydrogens is 454 g/mol. The number of hydrogen-bond donors (Lipinski definition) is 2. The summed E-state index contributed by atoms with van der Waals surface area (Å²) in [7, 11) is 0. The Labute approximate surface area is 213 Å². The van der Waals surface area contributed by atoms with Gasteiger partial charge in [0.1, 0.15) is 0 Å². The monoisotopic (exact) mass is 487 g/mol. The second-order valence-electron chi connectivity index (χ2n) is 8.72. The normalized spacial score (nSPS) is 14.6. The van der Waals surface area contributed by atoms with Crippen LogP contribution in [0.25, 0.3) is 0 Å². The van der Waals surface area contributed by atoms with Crippen LogP contribution in [-0.4, -0.2) is 57.0 Å². The highest BCUT2D eigenvalue weighted by molar-refractivity contribution is 7.80. The van der Waals surface area contributed by atoms with Gasteiger partial charge in [0.05, 0.1) is 0 Å². The van der Waals surface area contributed by atoms with E-state index in [2.05, 4.69) is 73.7 Å². The van der Waals surface area contributed by atoms with Crippen molar-refractivity contribution in [3.63, 3.8) is 0 Å². The maximum Gasteiger partial charge on any atom is 0.229 e. The van der Waals surface area contributed by atoms with Gasteiger partial charge in [-0.3, -0.25) is 10.2 Å². The Morgan fingerprint density at radius 1 is 0.914 bits per heavy atom. The number of anilines is 2. The Hall–Kier alpha value is -3.36. The lowest BCUT2D eigenvalue weighted by Gasteiger charge is -2.36. The number of rotatable bonds is 5. The van der Waals surface area contributed by atoms with Crippen LogP contribution in [0.1, 0.15) is 29.4 Å². The summed E-state index contributed by atoms with van der Waals surface area (Å²) in [6, 6.07) is 20.7. The van der Waals surface area contributed by atoms with E-state index in [9.17, 15) is 0 Å². The van der Waals surface area contributed by atoms with Crippen molar-refractivity contribution >= 4 is 34.9 Å². The summed E-state index contributed by atoms with van der Waals surface area (Å²) < 4.78 is 0. The highest BCUT2D eigenvalue weighted by Gasteiger charge is 2.21. The molecule has 0 spiro atoms. The molecule has 182 valence electrons. The zero-order valence-electron chi connectivity index (χ0n) is 20.7. The highest BCUT2D eigenvalue weighted by atomic mass is 32.1. The highest BCUT2D eigenvalue weighted by Crippen LogP contribution is 2.16. The molecule has 0 atom stereocenters. The molecule has 1 fully saturated rings. The fourth-order valence-corrected chi connectivity index (χ4v) is 4.41. The van der Waals surface area contributed by atoms with E-state index in [0.717, 1.165) is 56.2 Å². The van der Waals surface area contributed by atoms with Gasteiger partial charge in [0.2, 0.25) is 17.0 Å². The Morgan fingerprint density at radius 3 is 2.26 bits per heavy atom. The maximum absolute atomic E-state index is 5.65. The van der Waals surface area contributed by atoms with E-state index < -0.39 is 0 Å². The number of guanidine groups is 1. The van der Waals surface area contributed by atoms with E-state index in [-0.39, 0.29) is 0 Å². The largest absolute Gasteiger partial charge is 0.340 e. The number of nitrogens with one attached hydrogen (secondary N) is 2. The van der Waals surface area contributed by atoms with Gasteiger partial charge in [0.15, 0.2) is 0 Å². The van der Waals surface area contributed by atoms with Gasteiger partial charge in [-0.15, -0.1) is 0 Å². The first-order valence-electron chi connectivity index (χ1n) is 12.1. The second kappa shape index (κ2) is 11.9. The zero-order chi connectivity index (χ0) is 24.6. The van der Waals surface area contributed by atoms with Crippen molar-refractivity contribution in [2.45, 2.75) is 33.7 Å². The van der Waals surface area contributed by atoms with Crippen molar-refractivity contribution in [3.8, 4) is 0 Å². The van der Waals surface area contributed by atoms with Crippen molar-refractivity contribution in [1.29, 1.82) is 0 Å². The molecule has 1 aliphatic rings. The Morgan fingerprint density at radius 2 is 1.57 bits per heavy atom. The number of aryl methyl sites for hydroxylation is 3. The number of nitrogens with zero attached hydrogens (tertiary/aromatic N) is 5. The fraction of sp³-hybridized carbons (Fsp3) is 0.333. The van der Waals surface area contributed by atoms with Crippen LogP contribution in [0.2, 0.25) is 0 Å². The number of hydrogen-bond acceptors (Lipinski definition) is 4. The molecule has 35 heavy (non-hydrogen) atoms. The molecule has 2 N–H and O–H groups in total. The number of aromatic nitrogens is 2. The van der Waals surface area contributed by atoms with Crippen LogP contribution < -0.4 is 10.6 Å². The standard InChI is InChI=1S/C27H33N7S/c1-4-23-12-8-9-13-24(23)30-27(35)32-26(31-25-28-20(2)18-21(3)29-25)34-16-14-33(15-17-34)19-22-10-6-5-7-11-22/h5-13,18H,4,14-17,19H2,1-3H3,(H2,28,29,30,31,32,35). The molecule has 0 aliphatic carbocycles. The SMILES string of the molecule is CCc1ccccc1NC(=S)/N=C(/Nc1nc(C)cc(C)n1)N1CCN(Cc2ccccc2)CC1. The predicted molar refractivity (Wildman–Crippen MR) is 148 cm³/mol. The molecule has 2 aromatic carbocycles. The summed E-state index contributed by atoms with van der Waals surface area (Å²) in [5.74, 6) is 1.20. The Balaban J connectivity index is 1.50. The molecule has 0 radical (unpaired) electrons. The minimum atomic E-state index is 0.407. The lowest BCUT2D eigenvalue weighted by atomic mass is 10.1. The summed E-state index contributed by atoms with van der Waals surface area (Å²) in [4.78, 5) is 18.6. The minimum Gasteiger partial charge on any atom is -0.340 e. The summed E-state index contributed by atoms with van der Waals surface area (Å²) in [6.07, 6.45) is 0.917. The first-order chi connectivity index (χ1) is 17.0. The van der Waals surface area contributed by atoms with Gasteiger partial charge in [-0.25, -0.2) is 9.97 Å². The third-order valence-electron chi connectivity index (χ3n) is 5.97. The van der Waals surface area contributed by atoms with E-state index in [1.54, 1.807) is 0 Å². The second-order valence-corrected chi connectivity index (χ2v) is 9.11. The van der Waals surface area contributed by atoms with Crippen molar-refractivity contribution in [1.82, 2.24) is 19.8 Å². The average molecular weight is 488 g/mol. The summed E-state index contributed by atoms with van der Waals surface area (Å²) in [5.41, 5.74) is 5.33. The van der Waals surface area contributed by atoms with E-state index in [1.807, 2.05) is 38.1 Å². The molecule has 1 aliphatic heterocycles. The molecule has 0 bridgehead atoms. The van der Waals surface area contributed by atoms with Crippen LogP contribution in [0.5, 0.6) is 0 Å². The molecular formula is C27H33N7S. The van der Waals surface area contributed by atoms with Gasteiger partial charge in [-0.2, -0.15) is 4.99 Å². The van der Waals surface area contributed by atoms with Gasteiger partial charge in [0.25, 0.3) is 0 Å². The molecule has 1 saturated heterocycles. The smallest absolute Gasteiger partial charge is 0.229 e. The molecule has 8 heteroatoms.